The first-order chi connectivity index (χ1) is 9.17. The van der Waals surface area contributed by atoms with E-state index < -0.39 is 0 Å². The van der Waals surface area contributed by atoms with E-state index in [2.05, 4.69) is 10.2 Å². The number of hydrogen-bond donors (Lipinski definition) is 3. The van der Waals surface area contributed by atoms with Crippen LogP contribution in [0.1, 0.15) is 11.6 Å². The predicted octanol–water partition coefficient (Wildman–Crippen LogP) is 0.993. The zero-order valence-electron chi connectivity index (χ0n) is 10.9. The molecule has 6 heteroatoms. The molecule has 1 aliphatic heterocycles. The number of methoxy groups -OCH3 is 1. The molecule has 0 aromatic heterocycles. The fraction of sp³-hybridized carbons (Fsp3) is 0.538. The lowest BCUT2D eigenvalue weighted by Gasteiger charge is -2.34. The Morgan fingerprint density at radius 1 is 1.42 bits per heavy atom. The summed E-state index contributed by atoms with van der Waals surface area (Å²) in [4.78, 5) is 2.19. The Labute approximate surface area is 117 Å². The van der Waals surface area contributed by atoms with Crippen molar-refractivity contribution in [3.63, 3.8) is 0 Å². The van der Waals surface area contributed by atoms with Crippen LogP contribution in [-0.4, -0.2) is 55.0 Å². The number of nitrogens with zero attached hydrogens (tertiary/aromatic N) is 1. The molecule has 0 radical (unpaired) electrons. The molecule has 0 bridgehead atoms. The maximum atomic E-state index is 9.74. The lowest BCUT2D eigenvalue weighted by Crippen LogP contribution is -2.46. The minimum absolute atomic E-state index is 0.00422. The second-order valence-corrected chi connectivity index (χ2v) is 4.95. The quantitative estimate of drug-likeness (QED) is 0.770. The van der Waals surface area contributed by atoms with Gasteiger partial charge < -0.3 is 20.3 Å². The number of piperazine rings is 1. The van der Waals surface area contributed by atoms with Crippen molar-refractivity contribution in [2.75, 3.05) is 39.9 Å². The SMILES string of the molecule is COc1cc([C@@H](CO)N2CCNCC2)cc(Cl)c1O. The number of benzene rings is 1. The molecule has 1 aromatic rings. The van der Waals surface area contributed by atoms with Gasteiger partial charge in [0, 0.05) is 26.2 Å². The first-order valence-electron chi connectivity index (χ1n) is 6.29. The van der Waals surface area contributed by atoms with Gasteiger partial charge in [0.1, 0.15) is 0 Å². The van der Waals surface area contributed by atoms with E-state index in [-0.39, 0.29) is 23.4 Å². The van der Waals surface area contributed by atoms with E-state index >= 15 is 0 Å². The minimum atomic E-state index is -0.130. The molecule has 3 N–H and O–H groups in total. The van der Waals surface area contributed by atoms with Gasteiger partial charge in [-0.05, 0) is 17.7 Å². The number of ether oxygens (including phenoxy) is 1. The Kier molecular flexibility index (Phi) is 4.87. The fourth-order valence-corrected chi connectivity index (χ4v) is 2.59. The Bertz CT molecular complexity index is 436. The van der Waals surface area contributed by atoms with Crippen molar-refractivity contribution >= 4 is 11.6 Å². The highest BCUT2D eigenvalue weighted by Crippen LogP contribution is 2.37. The van der Waals surface area contributed by atoms with Crippen LogP contribution in [-0.2, 0) is 0 Å². The molecule has 1 atom stereocenters. The third kappa shape index (κ3) is 3.12. The minimum Gasteiger partial charge on any atom is -0.503 e. The zero-order valence-corrected chi connectivity index (χ0v) is 11.7. The van der Waals surface area contributed by atoms with Crippen LogP contribution < -0.4 is 10.1 Å². The van der Waals surface area contributed by atoms with Gasteiger partial charge in [-0.25, -0.2) is 0 Å². The topological polar surface area (TPSA) is 65.0 Å². The summed E-state index contributed by atoms with van der Waals surface area (Å²) in [5, 5.41) is 22.9. The molecule has 1 heterocycles. The van der Waals surface area contributed by atoms with Gasteiger partial charge in [0.05, 0.1) is 24.8 Å². The van der Waals surface area contributed by atoms with Crippen LogP contribution in [0.25, 0.3) is 0 Å². The molecule has 1 aliphatic rings. The second kappa shape index (κ2) is 6.43. The first-order valence-corrected chi connectivity index (χ1v) is 6.67. The molecule has 19 heavy (non-hydrogen) atoms. The summed E-state index contributed by atoms with van der Waals surface area (Å²) in [7, 11) is 1.48. The number of halogens is 1. The smallest absolute Gasteiger partial charge is 0.176 e. The Morgan fingerprint density at radius 2 is 2.11 bits per heavy atom. The lowest BCUT2D eigenvalue weighted by molar-refractivity contribution is 0.110. The number of phenols is 1. The van der Waals surface area contributed by atoms with Gasteiger partial charge in [0.25, 0.3) is 0 Å². The molecule has 106 valence electrons. The van der Waals surface area contributed by atoms with Crippen molar-refractivity contribution in [1.82, 2.24) is 10.2 Å². The number of aromatic hydroxyl groups is 1. The summed E-state index contributed by atoms with van der Waals surface area (Å²) in [5.41, 5.74) is 0.851. The van der Waals surface area contributed by atoms with Gasteiger partial charge in [-0.1, -0.05) is 11.6 Å². The van der Waals surface area contributed by atoms with Crippen molar-refractivity contribution in [2.24, 2.45) is 0 Å². The average Bonchev–Trinajstić information content (AvgIpc) is 2.44. The molecule has 0 amide bonds. The van der Waals surface area contributed by atoms with Crippen molar-refractivity contribution in [3.05, 3.63) is 22.7 Å². The maximum absolute atomic E-state index is 9.74. The molecule has 1 saturated heterocycles. The van der Waals surface area contributed by atoms with Crippen LogP contribution in [0.15, 0.2) is 12.1 Å². The molecule has 1 fully saturated rings. The number of hydrogen-bond acceptors (Lipinski definition) is 5. The van der Waals surface area contributed by atoms with Gasteiger partial charge in [-0.15, -0.1) is 0 Å². The fourth-order valence-electron chi connectivity index (χ4n) is 2.37. The highest BCUT2D eigenvalue weighted by atomic mass is 35.5. The number of rotatable bonds is 4. The van der Waals surface area contributed by atoms with E-state index in [1.165, 1.54) is 7.11 Å². The molecule has 0 saturated carbocycles. The first kappa shape index (κ1) is 14.4. The number of phenolic OH excluding ortho intramolecular Hbond substituents is 1. The predicted molar refractivity (Wildman–Crippen MR) is 73.9 cm³/mol. The summed E-state index contributed by atoms with van der Waals surface area (Å²) < 4.78 is 5.10. The molecule has 0 aliphatic carbocycles. The van der Waals surface area contributed by atoms with E-state index in [1.807, 2.05) is 0 Å². The zero-order chi connectivity index (χ0) is 13.8. The molecular formula is C13H19ClN2O3. The van der Waals surface area contributed by atoms with Gasteiger partial charge in [0.2, 0.25) is 0 Å². The third-order valence-electron chi connectivity index (χ3n) is 3.42. The lowest BCUT2D eigenvalue weighted by atomic mass is 10.0. The van der Waals surface area contributed by atoms with E-state index in [1.54, 1.807) is 12.1 Å². The molecular weight excluding hydrogens is 268 g/mol. The van der Waals surface area contributed by atoms with Gasteiger partial charge in [-0.2, -0.15) is 0 Å². The second-order valence-electron chi connectivity index (χ2n) is 4.54. The van der Waals surface area contributed by atoms with Gasteiger partial charge in [0.15, 0.2) is 11.5 Å². The van der Waals surface area contributed by atoms with Crippen molar-refractivity contribution in [1.29, 1.82) is 0 Å². The summed E-state index contributed by atoms with van der Waals surface area (Å²) in [6.07, 6.45) is 0. The summed E-state index contributed by atoms with van der Waals surface area (Å²) in [5.74, 6) is 0.265. The van der Waals surface area contributed by atoms with E-state index in [0.717, 1.165) is 31.7 Å². The standard InChI is InChI=1S/C13H19ClN2O3/c1-19-12-7-9(6-10(14)13(12)18)11(8-17)16-4-2-15-3-5-16/h6-7,11,15,17-18H,2-5,8H2,1H3/t11-/m1/s1. The maximum Gasteiger partial charge on any atom is 0.176 e. The van der Waals surface area contributed by atoms with E-state index in [4.69, 9.17) is 16.3 Å². The van der Waals surface area contributed by atoms with Crippen molar-refractivity contribution in [3.8, 4) is 11.5 Å². The van der Waals surface area contributed by atoms with Gasteiger partial charge in [-0.3, -0.25) is 4.90 Å². The third-order valence-corrected chi connectivity index (χ3v) is 3.71. The number of nitrogens with one attached hydrogen (secondary N) is 1. The molecule has 1 aromatic carbocycles. The van der Waals surface area contributed by atoms with Crippen LogP contribution in [0.2, 0.25) is 5.02 Å². The van der Waals surface area contributed by atoms with Crippen LogP contribution >= 0.6 is 11.6 Å². The highest BCUT2D eigenvalue weighted by molar-refractivity contribution is 6.32. The summed E-state index contributed by atoms with van der Waals surface area (Å²) in [6, 6.07) is 3.28. The molecule has 5 nitrogen and oxygen atoms in total. The summed E-state index contributed by atoms with van der Waals surface area (Å²) >= 11 is 6.00. The Balaban J connectivity index is 2.29. The molecule has 0 spiro atoms. The van der Waals surface area contributed by atoms with Crippen LogP contribution in [0.4, 0.5) is 0 Å². The Hall–Kier alpha value is -1.01. The highest BCUT2D eigenvalue weighted by Gasteiger charge is 2.23. The summed E-state index contributed by atoms with van der Waals surface area (Å²) in [6.45, 7) is 3.54. The van der Waals surface area contributed by atoms with Gasteiger partial charge >= 0.3 is 0 Å². The van der Waals surface area contributed by atoms with Crippen molar-refractivity contribution < 1.29 is 14.9 Å². The van der Waals surface area contributed by atoms with Crippen molar-refractivity contribution in [2.45, 2.75) is 6.04 Å². The normalized spacial score (nSPS) is 18.3. The largest absolute Gasteiger partial charge is 0.503 e. The van der Waals surface area contributed by atoms with Crippen LogP contribution in [0, 0.1) is 0 Å². The van der Waals surface area contributed by atoms with Crippen LogP contribution in [0.3, 0.4) is 0 Å². The molecule has 2 rings (SSSR count). The Morgan fingerprint density at radius 3 is 2.68 bits per heavy atom. The number of aliphatic hydroxyl groups is 1. The average molecular weight is 287 g/mol. The molecule has 0 unspecified atom stereocenters. The monoisotopic (exact) mass is 286 g/mol. The van der Waals surface area contributed by atoms with Crippen LogP contribution in [0.5, 0.6) is 11.5 Å². The number of aliphatic hydroxyl groups excluding tert-OH is 1. The van der Waals surface area contributed by atoms with E-state index in [0.29, 0.717) is 5.75 Å². The van der Waals surface area contributed by atoms with E-state index in [9.17, 15) is 10.2 Å².